The van der Waals surface area contributed by atoms with E-state index in [0.29, 0.717) is 5.82 Å². The fourth-order valence-corrected chi connectivity index (χ4v) is 1.86. The van der Waals surface area contributed by atoms with E-state index in [1.807, 2.05) is 19.1 Å². The average Bonchev–Trinajstić information content (AvgIpc) is 2.93. The van der Waals surface area contributed by atoms with Gasteiger partial charge in [0.25, 0.3) is 0 Å². The van der Waals surface area contributed by atoms with Gasteiger partial charge >= 0.3 is 0 Å². The molecule has 0 spiro atoms. The van der Waals surface area contributed by atoms with Gasteiger partial charge < -0.3 is 15.2 Å². The highest BCUT2D eigenvalue weighted by molar-refractivity contribution is 5.56. The van der Waals surface area contributed by atoms with Gasteiger partial charge in [0.05, 0.1) is 6.26 Å². The van der Waals surface area contributed by atoms with Gasteiger partial charge in [0.15, 0.2) is 0 Å². The predicted octanol–water partition coefficient (Wildman–Crippen LogP) is 2.44. The molecule has 20 heavy (non-hydrogen) atoms. The van der Waals surface area contributed by atoms with E-state index >= 15 is 0 Å². The first-order valence-electron chi connectivity index (χ1n) is 6.73. The van der Waals surface area contributed by atoms with Crippen molar-refractivity contribution in [1.29, 1.82) is 0 Å². The fraction of sp³-hybridized carbons (Fsp3) is 0.429. The summed E-state index contributed by atoms with van der Waals surface area (Å²) in [6, 6.07) is 3.85. The Hall–Kier alpha value is -2.08. The molecule has 0 saturated heterocycles. The summed E-state index contributed by atoms with van der Waals surface area (Å²) in [5.41, 5.74) is 3.54. The van der Waals surface area contributed by atoms with Crippen molar-refractivity contribution >= 4 is 11.6 Å². The second-order valence-corrected chi connectivity index (χ2v) is 4.96. The molecule has 2 aromatic rings. The molecule has 0 aliphatic heterocycles. The Balaban J connectivity index is 2.11. The van der Waals surface area contributed by atoms with E-state index in [0.717, 1.165) is 35.9 Å². The van der Waals surface area contributed by atoms with Crippen LogP contribution in [-0.2, 0) is 6.42 Å². The summed E-state index contributed by atoms with van der Waals surface area (Å²) in [6.07, 6.45) is 2.48. The van der Waals surface area contributed by atoms with Crippen LogP contribution in [0, 0.1) is 6.92 Å². The highest BCUT2D eigenvalue weighted by atomic mass is 16.3. The van der Waals surface area contributed by atoms with Gasteiger partial charge in [0.1, 0.15) is 23.2 Å². The van der Waals surface area contributed by atoms with Crippen molar-refractivity contribution in [3.05, 3.63) is 35.5 Å². The quantitative estimate of drug-likeness (QED) is 0.554. The first-order chi connectivity index (χ1) is 9.61. The van der Waals surface area contributed by atoms with Gasteiger partial charge in [-0.25, -0.2) is 15.8 Å². The van der Waals surface area contributed by atoms with Crippen LogP contribution in [-0.4, -0.2) is 16.5 Å². The second kappa shape index (κ2) is 6.38. The minimum atomic E-state index is 0.244. The van der Waals surface area contributed by atoms with Gasteiger partial charge in [-0.15, -0.1) is 0 Å². The molecule has 4 N–H and O–H groups in total. The molecule has 2 heterocycles. The SMILES string of the molecule is Cc1c(NN)nc(C(C)C)nc1NCCc1ccco1. The number of furan rings is 1. The van der Waals surface area contributed by atoms with Gasteiger partial charge in [-0.3, -0.25) is 0 Å². The summed E-state index contributed by atoms with van der Waals surface area (Å²) in [5.74, 6) is 8.94. The summed E-state index contributed by atoms with van der Waals surface area (Å²) in [4.78, 5) is 8.95. The largest absolute Gasteiger partial charge is 0.469 e. The summed E-state index contributed by atoms with van der Waals surface area (Å²) in [6.45, 7) is 6.79. The van der Waals surface area contributed by atoms with Crippen molar-refractivity contribution in [1.82, 2.24) is 9.97 Å². The molecule has 6 heteroatoms. The van der Waals surface area contributed by atoms with Crippen LogP contribution in [0.3, 0.4) is 0 Å². The molecule has 0 atom stereocenters. The van der Waals surface area contributed by atoms with Crippen LogP contribution in [0.25, 0.3) is 0 Å². The Kier molecular flexibility index (Phi) is 4.57. The maximum Gasteiger partial charge on any atom is 0.148 e. The molecule has 0 aliphatic carbocycles. The number of hydrazine groups is 1. The number of nitrogens with one attached hydrogen (secondary N) is 2. The zero-order valence-corrected chi connectivity index (χ0v) is 12.1. The molecule has 0 unspecified atom stereocenters. The van der Waals surface area contributed by atoms with Crippen LogP contribution in [0.1, 0.15) is 36.9 Å². The Morgan fingerprint density at radius 3 is 2.65 bits per heavy atom. The van der Waals surface area contributed by atoms with Crippen molar-refractivity contribution in [3.63, 3.8) is 0 Å². The lowest BCUT2D eigenvalue weighted by molar-refractivity contribution is 0.513. The molecular formula is C14H21N5O. The van der Waals surface area contributed by atoms with Gasteiger partial charge in [0, 0.05) is 24.4 Å². The maximum absolute atomic E-state index is 5.51. The number of nitrogens with two attached hydrogens (primary N) is 1. The first kappa shape index (κ1) is 14.3. The van der Waals surface area contributed by atoms with E-state index in [4.69, 9.17) is 10.3 Å². The van der Waals surface area contributed by atoms with Crippen LogP contribution in [0.15, 0.2) is 22.8 Å². The first-order valence-corrected chi connectivity index (χ1v) is 6.73. The van der Waals surface area contributed by atoms with E-state index in [2.05, 4.69) is 34.6 Å². The molecule has 0 amide bonds. The zero-order chi connectivity index (χ0) is 14.5. The lowest BCUT2D eigenvalue weighted by Crippen LogP contribution is -2.16. The smallest absolute Gasteiger partial charge is 0.148 e. The Morgan fingerprint density at radius 2 is 2.05 bits per heavy atom. The molecule has 6 nitrogen and oxygen atoms in total. The summed E-state index contributed by atoms with van der Waals surface area (Å²) < 4.78 is 5.30. The van der Waals surface area contributed by atoms with Gasteiger partial charge in [-0.1, -0.05) is 13.8 Å². The molecule has 0 saturated carbocycles. The normalized spacial score (nSPS) is 10.8. The van der Waals surface area contributed by atoms with E-state index in [1.165, 1.54) is 0 Å². The van der Waals surface area contributed by atoms with Crippen molar-refractivity contribution in [2.45, 2.75) is 33.1 Å². The standard InChI is InChI=1S/C14H21N5O/c1-9(2)12-17-13(10(3)14(18-12)19-15)16-7-6-11-5-4-8-20-11/h4-5,8-9H,6-7,15H2,1-3H3,(H2,16,17,18,19). The molecule has 0 aromatic carbocycles. The van der Waals surface area contributed by atoms with Crippen LogP contribution < -0.4 is 16.6 Å². The maximum atomic E-state index is 5.51. The lowest BCUT2D eigenvalue weighted by atomic mass is 10.2. The number of anilines is 2. The summed E-state index contributed by atoms with van der Waals surface area (Å²) in [7, 11) is 0. The highest BCUT2D eigenvalue weighted by Gasteiger charge is 2.12. The van der Waals surface area contributed by atoms with Crippen LogP contribution in [0.2, 0.25) is 0 Å². The van der Waals surface area contributed by atoms with E-state index in [9.17, 15) is 0 Å². The van der Waals surface area contributed by atoms with E-state index in [-0.39, 0.29) is 5.92 Å². The fourth-order valence-electron chi connectivity index (χ4n) is 1.86. The molecule has 0 radical (unpaired) electrons. The third-order valence-corrected chi connectivity index (χ3v) is 3.06. The molecule has 108 valence electrons. The van der Waals surface area contributed by atoms with Crippen LogP contribution in [0.4, 0.5) is 11.6 Å². The highest BCUT2D eigenvalue weighted by Crippen LogP contribution is 2.22. The van der Waals surface area contributed by atoms with E-state index < -0.39 is 0 Å². The minimum absolute atomic E-state index is 0.244. The van der Waals surface area contributed by atoms with Gasteiger partial charge in [0.2, 0.25) is 0 Å². The van der Waals surface area contributed by atoms with Crippen LogP contribution >= 0.6 is 0 Å². The summed E-state index contributed by atoms with van der Waals surface area (Å²) in [5, 5.41) is 3.31. The van der Waals surface area contributed by atoms with Crippen LogP contribution in [0.5, 0.6) is 0 Å². The molecule has 0 bridgehead atoms. The Morgan fingerprint density at radius 1 is 1.30 bits per heavy atom. The third kappa shape index (κ3) is 3.27. The average molecular weight is 275 g/mol. The van der Waals surface area contributed by atoms with Gasteiger partial charge in [-0.05, 0) is 19.1 Å². The van der Waals surface area contributed by atoms with Gasteiger partial charge in [-0.2, -0.15) is 0 Å². The van der Waals surface area contributed by atoms with E-state index in [1.54, 1.807) is 6.26 Å². The lowest BCUT2D eigenvalue weighted by Gasteiger charge is -2.14. The molecule has 2 aromatic heterocycles. The van der Waals surface area contributed by atoms with Crippen molar-refractivity contribution < 1.29 is 4.42 Å². The molecule has 2 rings (SSSR count). The summed E-state index contributed by atoms with van der Waals surface area (Å²) >= 11 is 0. The Labute approximate surface area is 118 Å². The van der Waals surface area contributed by atoms with Crippen molar-refractivity contribution in [2.75, 3.05) is 17.3 Å². The number of hydrogen-bond acceptors (Lipinski definition) is 6. The monoisotopic (exact) mass is 275 g/mol. The number of nitrogens with zero attached hydrogens (tertiary/aromatic N) is 2. The number of rotatable bonds is 6. The predicted molar refractivity (Wildman–Crippen MR) is 79.6 cm³/mol. The number of hydrogen-bond donors (Lipinski definition) is 3. The second-order valence-electron chi connectivity index (χ2n) is 4.96. The number of nitrogen functional groups attached to an aromatic ring is 1. The number of aromatic nitrogens is 2. The molecule has 0 aliphatic rings. The minimum Gasteiger partial charge on any atom is -0.469 e. The third-order valence-electron chi connectivity index (χ3n) is 3.06. The molecule has 0 fully saturated rings. The topological polar surface area (TPSA) is 89.0 Å². The van der Waals surface area contributed by atoms with Crippen molar-refractivity contribution in [2.24, 2.45) is 5.84 Å². The van der Waals surface area contributed by atoms with Crippen molar-refractivity contribution in [3.8, 4) is 0 Å². The molecular weight excluding hydrogens is 254 g/mol. The zero-order valence-electron chi connectivity index (χ0n) is 12.1. The Bertz CT molecular complexity index is 551.